The van der Waals surface area contributed by atoms with Crippen molar-refractivity contribution in [2.24, 2.45) is 0 Å². The van der Waals surface area contributed by atoms with E-state index >= 15 is 0 Å². The number of sulfonamides is 1. The molecule has 4 rings (SSSR count). The van der Waals surface area contributed by atoms with E-state index in [4.69, 9.17) is 16.3 Å². The number of carbonyl (C=O) groups is 2. The summed E-state index contributed by atoms with van der Waals surface area (Å²) in [6.45, 7) is 2.12. The summed E-state index contributed by atoms with van der Waals surface area (Å²) in [5.74, 6) is -1.04. The van der Waals surface area contributed by atoms with E-state index < -0.39 is 28.0 Å². The molecular weight excluding hydrogens is 478 g/mol. The number of rotatable bonds is 6. The zero-order valence-corrected chi connectivity index (χ0v) is 19.8. The average molecular weight is 500 g/mol. The fourth-order valence-corrected chi connectivity index (χ4v) is 5.08. The minimum absolute atomic E-state index is 0.0861. The van der Waals surface area contributed by atoms with E-state index in [1.807, 2.05) is 24.3 Å². The van der Waals surface area contributed by atoms with Crippen LogP contribution in [0.1, 0.15) is 28.4 Å². The van der Waals surface area contributed by atoms with Crippen molar-refractivity contribution in [1.29, 1.82) is 0 Å². The van der Waals surface area contributed by atoms with Crippen LogP contribution in [0.5, 0.6) is 0 Å². The molecule has 8 nitrogen and oxygen atoms in total. The number of fused-ring (bicyclic) bond motifs is 1. The number of carbonyl (C=O) groups excluding carboxylic acids is 2. The Morgan fingerprint density at radius 2 is 1.76 bits per heavy atom. The molecule has 2 heterocycles. The molecule has 0 fully saturated rings. The summed E-state index contributed by atoms with van der Waals surface area (Å²) >= 11 is 5.77. The number of halogens is 1. The van der Waals surface area contributed by atoms with Gasteiger partial charge in [-0.2, -0.15) is 4.31 Å². The molecule has 0 unspecified atom stereocenters. The maximum Gasteiger partial charge on any atom is 0.338 e. The van der Waals surface area contributed by atoms with Gasteiger partial charge in [-0.25, -0.2) is 18.2 Å². The number of amides is 1. The molecule has 1 atom stereocenters. The topological polar surface area (TPSA) is 106 Å². The van der Waals surface area contributed by atoms with Gasteiger partial charge in [0.2, 0.25) is 10.0 Å². The van der Waals surface area contributed by atoms with Crippen molar-refractivity contribution in [2.45, 2.75) is 30.9 Å². The lowest BCUT2D eigenvalue weighted by Crippen LogP contribution is -2.35. The Hall–Kier alpha value is -3.27. The molecular formula is C24H22ClN3O5S. The number of nitrogens with one attached hydrogen (secondary N) is 1. The normalized spacial score (nSPS) is 14.6. The number of benzene rings is 2. The Bertz CT molecular complexity index is 1310. The van der Waals surface area contributed by atoms with Gasteiger partial charge >= 0.3 is 5.97 Å². The number of ether oxygens (including phenoxy) is 1. The molecule has 10 heteroatoms. The number of anilines is 1. The second-order valence-corrected chi connectivity index (χ2v) is 10.2. The molecule has 34 heavy (non-hydrogen) atoms. The number of hydrogen-bond acceptors (Lipinski definition) is 6. The van der Waals surface area contributed by atoms with E-state index in [9.17, 15) is 18.0 Å². The van der Waals surface area contributed by atoms with Crippen LogP contribution in [0, 0.1) is 0 Å². The predicted molar refractivity (Wildman–Crippen MR) is 127 cm³/mol. The number of aromatic nitrogens is 1. The Kier molecular flexibility index (Phi) is 6.97. The second kappa shape index (κ2) is 9.92. The van der Waals surface area contributed by atoms with Crippen LogP contribution in [0.4, 0.5) is 5.82 Å². The van der Waals surface area contributed by atoms with Crippen molar-refractivity contribution in [2.75, 3.05) is 11.9 Å². The summed E-state index contributed by atoms with van der Waals surface area (Å²) < 4.78 is 32.8. The van der Waals surface area contributed by atoms with Gasteiger partial charge in [-0.1, -0.05) is 35.9 Å². The summed E-state index contributed by atoms with van der Waals surface area (Å²) in [5.41, 5.74) is 2.27. The molecule has 1 aliphatic heterocycles. The first kappa shape index (κ1) is 23.9. The summed E-state index contributed by atoms with van der Waals surface area (Å²) in [6, 6.07) is 16.3. The molecule has 3 aromatic rings. The molecule has 2 aromatic carbocycles. The average Bonchev–Trinajstić information content (AvgIpc) is 2.85. The maximum atomic E-state index is 13.1. The van der Waals surface area contributed by atoms with E-state index in [2.05, 4.69) is 10.3 Å². The third-order valence-corrected chi connectivity index (χ3v) is 7.54. The van der Waals surface area contributed by atoms with Crippen LogP contribution < -0.4 is 5.32 Å². The Balaban J connectivity index is 1.39. The number of esters is 1. The van der Waals surface area contributed by atoms with Gasteiger partial charge in [-0.05, 0) is 60.9 Å². The van der Waals surface area contributed by atoms with Crippen molar-refractivity contribution in [1.82, 2.24) is 9.29 Å². The smallest absolute Gasteiger partial charge is 0.338 e. The summed E-state index contributed by atoms with van der Waals surface area (Å²) in [7, 11) is -3.72. The molecule has 1 N–H and O–H groups in total. The van der Waals surface area contributed by atoms with Gasteiger partial charge in [0.05, 0.1) is 15.5 Å². The molecule has 0 aliphatic carbocycles. The Morgan fingerprint density at radius 1 is 1.06 bits per heavy atom. The van der Waals surface area contributed by atoms with Crippen LogP contribution >= 0.6 is 11.6 Å². The molecule has 1 amide bonds. The highest BCUT2D eigenvalue weighted by molar-refractivity contribution is 7.89. The first-order chi connectivity index (χ1) is 16.2. The molecule has 176 valence electrons. The second-order valence-electron chi connectivity index (χ2n) is 7.78. The van der Waals surface area contributed by atoms with Crippen LogP contribution in [-0.2, 0) is 32.5 Å². The summed E-state index contributed by atoms with van der Waals surface area (Å²) in [4.78, 5) is 28.8. The molecule has 1 aliphatic rings. The summed E-state index contributed by atoms with van der Waals surface area (Å²) in [6.07, 6.45) is 0.930. The fraction of sp³-hybridized carbons (Fsp3) is 0.208. The molecule has 0 spiro atoms. The maximum absolute atomic E-state index is 13.1. The van der Waals surface area contributed by atoms with E-state index in [1.165, 1.54) is 47.8 Å². The fourth-order valence-electron chi connectivity index (χ4n) is 3.55. The van der Waals surface area contributed by atoms with Gasteiger partial charge in [0, 0.05) is 19.3 Å². The van der Waals surface area contributed by atoms with Crippen LogP contribution in [0.3, 0.4) is 0 Å². The highest BCUT2D eigenvalue weighted by atomic mass is 35.5. The van der Waals surface area contributed by atoms with Gasteiger partial charge in [0.25, 0.3) is 5.91 Å². The quantitative estimate of drug-likeness (QED) is 0.519. The van der Waals surface area contributed by atoms with Gasteiger partial charge in [-0.15, -0.1) is 0 Å². The van der Waals surface area contributed by atoms with Crippen molar-refractivity contribution >= 4 is 39.3 Å². The number of hydrogen-bond donors (Lipinski definition) is 1. The highest BCUT2D eigenvalue weighted by Crippen LogP contribution is 2.25. The highest BCUT2D eigenvalue weighted by Gasteiger charge is 2.28. The zero-order valence-electron chi connectivity index (χ0n) is 18.3. The van der Waals surface area contributed by atoms with Gasteiger partial charge in [0.1, 0.15) is 5.82 Å². The van der Waals surface area contributed by atoms with Crippen molar-refractivity contribution < 1.29 is 22.7 Å². The third kappa shape index (κ3) is 5.27. The van der Waals surface area contributed by atoms with E-state index in [0.29, 0.717) is 24.5 Å². The SMILES string of the molecule is C[C@@H](OC(=O)c1ccc(S(=O)(=O)N2CCc3ccccc3C2)cc1)C(=O)Nc1ccc(Cl)cn1. The molecule has 1 aromatic heterocycles. The minimum atomic E-state index is -3.72. The molecule has 0 saturated heterocycles. The monoisotopic (exact) mass is 499 g/mol. The lowest BCUT2D eigenvalue weighted by atomic mass is 10.0. The Morgan fingerprint density at radius 3 is 2.44 bits per heavy atom. The first-order valence-corrected chi connectivity index (χ1v) is 12.4. The Labute approximate surface area is 202 Å². The van der Waals surface area contributed by atoms with Crippen LogP contribution in [0.2, 0.25) is 5.02 Å². The summed E-state index contributed by atoms with van der Waals surface area (Å²) in [5, 5.41) is 2.95. The van der Waals surface area contributed by atoms with Gasteiger partial charge < -0.3 is 10.1 Å². The lowest BCUT2D eigenvalue weighted by molar-refractivity contribution is -0.123. The number of pyridine rings is 1. The minimum Gasteiger partial charge on any atom is -0.449 e. The van der Waals surface area contributed by atoms with Crippen molar-refractivity contribution in [3.8, 4) is 0 Å². The van der Waals surface area contributed by atoms with Crippen LogP contribution in [0.25, 0.3) is 0 Å². The molecule has 0 radical (unpaired) electrons. The zero-order chi connectivity index (χ0) is 24.3. The van der Waals surface area contributed by atoms with Crippen LogP contribution in [0.15, 0.2) is 71.8 Å². The standard InChI is InChI=1S/C24H22ClN3O5S/c1-16(23(29)27-22-11-8-20(25)14-26-22)33-24(30)18-6-9-21(10-7-18)34(31,32)28-13-12-17-4-2-3-5-19(17)15-28/h2-11,14,16H,12-13,15H2,1H3,(H,26,27,29)/t16-/m1/s1. The molecule has 0 bridgehead atoms. The van der Waals surface area contributed by atoms with Crippen molar-refractivity contribution in [3.05, 3.63) is 88.6 Å². The largest absolute Gasteiger partial charge is 0.449 e. The first-order valence-electron chi connectivity index (χ1n) is 10.5. The number of nitrogens with zero attached hydrogens (tertiary/aromatic N) is 2. The van der Waals surface area contributed by atoms with E-state index in [1.54, 1.807) is 6.07 Å². The predicted octanol–water partition coefficient (Wildman–Crippen LogP) is 3.67. The van der Waals surface area contributed by atoms with Gasteiger partial charge in [0.15, 0.2) is 6.10 Å². The molecule has 0 saturated carbocycles. The van der Waals surface area contributed by atoms with Crippen LogP contribution in [-0.4, -0.2) is 42.2 Å². The third-order valence-electron chi connectivity index (χ3n) is 5.46. The van der Waals surface area contributed by atoms with E-state index in [-0.39, 0.29) is 16.3 Å². The lowest BCUT2D eigenvalue weighted by Gasteiger charge is -2.28. The van der Waals surface area contributed by atoms with E-state index in [0.717, 1.165) is 11.1 Å². The van der Waals surface area contributed by atoms with Gasteiger partial charge in [-0.3, -0.25) is 4.79 Å². The van der Waals surface area contributed by atoms with Crippen molar-refractivity contribution in [3.63, 3.8) is 0 Å².